The average molecular weight is 323 g/mol. The molecule has 0 bridgehead atoms. The summed E-state index contributed by atoms with van der Waals surface area (Å²) in [4.78, 5) is 23.2. The Hall–Kier alpha value is -2.08. The van der Waals surface area contributed by atoms with E-state index in [0.717, 1.165) is 10.0 Å². The third kappa shape index (κ3) is 3.45. The van der Waals surface area contributed by atoms with Crippen LogP contribution in [0, 0.1) is 6.92 Å². The largest absolute Gasteiger partial charge is 0.459 e. The van der Waals surface area contributed by atoms with Crippen molar-refractivity contribution in [3.8, 4) is 0 Å². The zero-order valence-electron chi connectivity index (χ0n) is 10.1. The molecule has 0 saturated heterocycles. The number of benzene rings is 1. The van der Waals surface area contributed by atoms with Gasteiger partial charge in [-0.1, -0.05) is 15.9 Å². The van der Waals surface area contributed by atoms with E-state index in [1.54, 1.807) is 18.2 Å². The summed E-state index contributed by atoms with van der Waals surface area (Å²) in [5, 5.41) is 4.74. The molecule has 5 nitrogen and oxygen atoms in total. The summed E-state index contributed by atoms with van der Waals surface area (Å²) < 4.78 is 5.83. The fourth-order valence-corrected chi connectivity index (χ4v) is 1.70. The van der Waals surface area contributed by atoms with E-state index >= 15 is 0 Å². The number of nitrogens with one attached hydrogen (secondary N) is 2. The third-order valence-electron chi connectivity index (χ3n) is 2.39. The minimum Gasteiger partial charge on any atom is -0.459 e. The topological polar surface area (TPSA) is 71.3 Å². The Morgan fingerprint density at radius 3 is 2.68 bits per heavy atom. The highest BCUT2D eigenvalue weighted by atomic mass is 79.9. The lowest BCUT2D eigenvalue weighted by atomic mass is 10.2. The van der Waals surface area contributed by atoms with Gasteiger partial charge in [0, 0.05) is 10.2 Å². The number of rotatable bonds is 2. The van der Waals surface area contributed by atoms with Gasteiger partial charge in [0.2, 0.25) is 0 Å². The fourth-order valence-electron chi connectivity index (χ4n) is 1.46. The summed E-state index contributed by atoms with van der Waals surface area (Å²) in [6.07, 6.45) is 1.37. The van der Waals surface area contributed by atoms with Gasteiger partial charge in [0.05, 0.1) is 6.26 Å². The van der Waals surface area contributed by atoms with Crippen LogP contribution in [-0.4, -0.2) is 11.9 Å². The van der Waals surface area contributed by atoms with E-state index in [2.05, 4.69) is 26.6 Å². The van der Waals surface area contributed by atoms with Crippen molar-refractivity contribution < 1.29 is 14.0 Å². The maximum atomic E-state index is 11.6. The Bertz CT molecular complexity index is 608. The second-order valence-corrected chi connectivity index (χ2v) is 4.70. The van der Waals surface area contributed by atoms with Crippen LogP contribution in [0.25, 0.3) is 0 Å². The fraction of sp³-hybridized carbons (Fsp3) is 0.0769. The maximum Gasteiger partial charge on any atom is 0.326 e. The number of hydrogen-bond acceptors (Lipinski definition) is 3. The highest BCUT2D eigenvalue weighted by Crippen LogP contribution is 2.19. The molecule has 2 aromatic rings. The summed E-state index contributed by atoms with van der Waals surface area (Å²) in [5.74, 6) is -0.501. The van der Waals surface area contributed by atoms with E-state index in [1.165, 1.54) is 12.3 Å². The number of carbonyl (C=O) groups excluding carboxylic acids is 2. The van der Waals surface area contributed by atoms with Crippen molar-refractivity contribution in [1.29, 1.82) is 0 Å². The van der Waals surface area contributed by atoms with Crippen LogP contribution in [0.15, 0.2) is 45.5 Å². The monoisotopic (exact) mass is 322 g/mol. The summed E-state index contributed by atoms with van der Waals surface area (Å²) in [6.45, 7) is 1.90. The Labute approximate surface area is 118 Å². The molecule has 1 aromatic carbocycles. The molecule has 0 aliphatic rings. The van der Waals surface area contributed by atoms with Gasteiger partial charge in [-0.25, -0.2) is 4.79 Å². The van der Waals surface area contributed by atoms with E-state index in [9.17, 15) is 9.59 Å². The van der Waals surface area contributed by atoms with Crippen LogP contribution >= 0.6 is 15.9 Å². The zero-order valence-corrected chi connectivity index (χ0v) is 11.7. The van der Waals surface area contributed by atoms with Gasteiger partial charge in [-0.2, -0.15) is 0 Å². The number of furan rings is 1. The van der Waals surface area contributed by atoms with Crippen LogP contribution in [0.2, 0.25) is 0 Å². The first-order chi connectivity index (χ1) is 9.06. The molecule has 3 amide bonds. The Kier molecular flexibility index (Phi) is 4.01. The van der Waals surface area contributed by atoms with E-state index in [0.29, 0.717) is 5.69 Å². The number of anilines is 1. The second kappa shape index (κ2) is 5.71. The molecule has 0 atom stereocenters. The van der Waals surface area contributed by atoms with Gasteiger partial charge in [-0.15, -0.1) is 0 Å². The minimum absolute atomic E-state index is 0.0853. The quantitative estimate of drug-likeness (QED) is 0.891. The Morgan fingerprint density at radius 2 is 2.05 bits per heavy atom. The molecule has 1 aromatic heterocycles. The molecule has 0 saturated carbocycles. The molecule has 1 heterocycles. The van der Waals surface area contributed by atoms with Gasteiger partial charge in [-0.05, 0) is 42.8 Å². The molecule has 0 radical (unpaired) electrons. The molecular formula is C13H11BrN2O3. The molecular weight excluding hydrogens is 312 g/mol. The maximum absolute atomic E-state index is 11.6. The summed E-state index contributed by atoms with van der Waals surface area (Å²) >= 11 is 3.37. The second-order valence-electron chi connectivity index (χ2n) is 3.85. The van der Waals surface area contributed by atoms with Gasteiger partial charge in [0.1, 0.15) is 0 Å². The first-order valence-corrected chi connectivity index (χ1v) is 6.27. The van der Waals surface area contributed by atoms with Crippen LogP contribution in [0.5, 0.6) is 0 Å². The van der Waals surface area contributed by atoms with Crippen molar-refractivity contribution in [1.82, 2.24) is 5.32 Å². The minimum atomic E-state index is -0.608. The van der Waals surface area contributed by atoms with E-state index in [4.69, 9.17) is 4.42 Å². The summed E-state index contributed by atoms with van der Waals surface area (Å²) in [5.41, 5.74) is 1.58. The normalized spacial score (nSPS) is 10.0. The molecule has 0 fully saturated rings. The standard InChI is InChI=1S/C13H11BrN2O3/c1-8-7-9(4-5-10(8)14)15-13(18)16-12(17)11-3-2-6-19-11/h2-7H,1H3,(H2,15,16,17,18). The molecule has 6 heteroatoms. The lowest BCUT2D eigenvalue weighted by Gasteiger charge is -2.07. The van der Waals surface area contributed by atoms with Crippen molar-refractivity contribution in [3.05, 3.63) is 52.4 Å². The Balaban J connectivity index is 1.98. The Morgan fingerprint density at radius 1 is 1.26 bits per heavy atom. The molecule has 0 unspecified atom stereocenters. The smallest absolute Gasteiger partial charge is 0.326 e. The van der Waals surface area contributed by atoms with E-state index < -0.39 is 11.9 Å². The van der Waals surface area contributed by atoms with Crippen molar-refractivity contribution in [3.63, 3.8) is 0 Å². The highest BCUT2D eigenvalue weighted by Gasteiger charge is 2.12. The predicted molar refractivity (Wildman–Crippen MR) is 74.1 cm³/mol. The number of halogens is 1. The van der Waals surface area contributed by atoms with Crippen LogP contribution in [0.4, 0.5) is 10.5 Å². The number of hydrogen-bond donors (Lipinski definition) is 2. The lowest BCUT2D eigenvalue weighted by Crippen LogP contribution is -2.34. The average Bonchev–Trinajstić information content (AvgIpc) is 2.87. The van der Waals surface area contributed by atoms with Gasteiger partial charge in [0.15, 0.2) is 5.76 Å². The van der Waals surface area contributed by atoms with Gasteiger partial charge in [0.25, 0.3) is 5.91 Å². The van der Waals surface area contributed by atoms with E-state index in [-0.39, 0.29) is 5.76 Å². The van der Waals surface area contributed by atoms with Crippen LogP contribution in [0.1, 0.15) is 16.1 Å². The number of amides is 3. The van der Waals surface area contributed by atoms with Gasteiger partial charge in [-0.3, -0.25) is 10.1 Å². The molecule has 2 rings (SSSR count). The number of carbonyl (C=O) groups is 2. The van der Waals surface area contributed by atoms with Gasteiger partial charge >= 0.3 is 6.03 Å². The van der Waals surface area contributed by atoms with Gasteiger partial charge < -0.3 is 9.73 Å². The summed E-state index contributed by atoms with van der Waals surface area (Å²) in [7, 11) is 0. The number of urea groups is 1. The highest BCUT2D eigenvalue weighted by molar-refractivity contribution is 9.10. The van der Waals surface area contributed by atoms with Crippen molar-refractivity contribution in [2.75, 3.05) is 5.32 Å². The first-order valence-electron chi connectivity index (χ1n) is 5.48. The zero-order chi connectivity index (χ0) is 13.8. The van der Waals surface area contributed by atoms with Crippen molar-refractivity contribution >= 4 is 33.6 Å². The van der Waals surface area contributed by atoms with Crippen molar-refractivity contribution in [2.24, 2.45) is 0 Å². The van der Waals surface area contributed by atoms with Crippen molar-refractivity contribution in [2.45, 2.75) is 6.92 Å². The SMILES string of the molecule is Cc1cc(NC(=O)NC(=O)c2ccco2)ccc1Br. The van der Waals surface area contributed by atoms with E-state index in [1.807, 2.05) is 13.0 Å². The lowest BCUT2D eigenvalue weighted by molar-refractivity contribution is 0.0940. The molecule has 0 aliphatic heterocycles. The van der Waals surface area contributed by atoms with Crippen LogP contribution in [-0.2, 0) is 0 Å². The number of aryl methyl sites for hydroxylation is 1. The number of imide groups is 1. The molecule has 19 heavy (non-hydrogen) atoms. The predicted octanol–water partition coefficient (Wildman–Crippen LogP) is 3.31. The first kappa shape index (κ1) is 13.4. The van der Waals surface area contributed by atoms with Crippen LogP contribution < -0.4 is 10.6 Å². The molecule has 2 N–H and O–H groups in total. The molecule has 0 spiro atoms. The van der Waals surface area contributed by atoms with Crippen LogP contribution in [0.3, 0.4) is 0 Å². The molecule has 0 aliphatic carbocycles. The third-order valence-corrected chi connectivity index (χ3v) is 3.28. The molecule has 98 valence electrons. The summed E-state index contributed by atoms with van der Waals surface area (Å²) in [6, 6.07) is 7.79.